The van der Waals surface area contributed by atoms with Crippen LogP contribution >= 0.6 is 0 Å². The highest BCUT2D eigenvalue weighted by molar-refractivity contribution is 5.28. The van der Waals surface area contributed by atoms with Gasteiger partial charge in [0.1, 0.15) is 0 Å². The van der Waals surface area contributed by atoms with Crippen molar-refractivity contribution in [1.82, 2.24) is 4.98 Å². The molecular weight excluding hydrogens is 162 g/mol. The Morgan fingerprint density at radius 1 is 1.46 bits per heavy atom. The van der Waals surface area contributed by atoms with Crippen molar-refractivity contribution in [2.75, 3.05) is 0 Å². The Kier molecular flexibility index (Phi) is 1.88. The minimum atomic E-state index is -0.275. The van der Waals surface area contributed by atoms with Gasteiger partial charge in [0, 0.05) is 17.3 Å². The van der Waals surface area contributed by atoms with Crippen LogP contribution in [0.25, 0.3) is 0 Å². The van der Waals surface area contributed by atoms with E-state index in [9.17, 15) is 5.11 Å². The Balaban J connectivity index is 2.31. The van der Waals surface area contributed by atoms with Gasteiger partial charge in [0.2, 0.25) is 0 Å². The number of hydrogen-bond donors (Lipinski definition) is 1. The first-order valence-electron chi connectivity index (χ1n) is 4.76. The van der Waals surface area contributed by atoms with Gasteiger partial charge in [-0.3, -0.25) is 4.98 Å². The third-order valence-corrected chi connectivity index (χ3v) is 3.01. The van der Waals surface area contributed by atoms with E-state index in [1.807, 2.05) is 26.1 Å². The van der Waals surface area contributed by atoms with Crippen molar-refractivity contribution in [2.45, 2.75) is 38.2 Å². The largest absolute Gasteiger partial charge is 0.392 e. The summed E-state index contributed by atoms with van der Waals surface area (Å²) in [7, 11) is 0. The fraction of sp³-hybridized carbons (Fsp3) is 0.545. The molecule has 0 radical (unpaired) electrons. The highest BCUT2D eigenvalue weighted by Gasteiger charge is 2.49. The fourth-order valence-corrected chi connectivity index (χ4v) is 1.78. The number of aliphatic hydroxyl groups excluding tert-OH is 1. The first-order chi connectivity index (χ1) is 6.15. The molecule has 0 bridgehead atoms. The molecular formula is C11H15NO. The number of pyridine rings is 1. The van der Waals surface area contributed by atoms with Crippen LogP contribution in [0.15, 0.2) is 18.3 Å². The topological polar surface area (TPSA) is 33.1 Å². The molecule has 0 aliphatic heterocycles. The van der Waals surface area contributed by atoms with Crippen LogP contribution in [0.3, 0.4) is 0 Å². The van der Waals surface area contributed by atoms with Crippen LogP contribution in [-0.2, 0) is 5.41 Å². The van der Waals surface area contributed by atoms with Crippen molar-refractivity contribution in [3.8, 4) is 0 Å². The third kappa shape index (κ3) is 1.35. The second-order valence-corrected chi connectivity index (χ2v) is 4.05. The van der Waals surface area contributed by atoms with E-state index in [1.165, 1.54) is 5.56 Å². The van der Waals surface area contributed by atoms with E-state index in [0.717, 1.165) is 18.5 Å². The second-order valence-electron chi connectivity index (χ2n) is 4.05. The lowest BCUT2D eigenvalue weighted by Crippen LogP contribution is -2.23. The van der Waals surface area contributed by atoms with E-state index in [4.69, 9.17) is 0 Å². The molecule has 2 rings (SSSR count). The molecule has 13 heavy (non-hydrogen) atoms. The second kappa shape index (κ2) is 2.81. The molecule has 1 aromatic rings. The van der Waals surface area contributed by atoms with Crippen LogP contribution in [0.2, 0.25) is 0 Å². The van der Waals surface area contributed by atoms with Gasteiger partial charge in [-0.25, -0.2) is 0 Å². The molecule has 0 amide bonds. The molecule has 2 nitrogen and oxygen atoms in total. The minimum Gasteiger partial charge on any atom is -0.392 e. The Hall–Kier alpha value is -0.890. The lowest BCUT2D eigenvalue weighted by atomic mass is 9.95. The highest BCUT2D eigenvalue weighted by atomic mass is 16.3. The van der Waals surface area contributed by atoms with Gasteiger partial charge in [-0.15, -0.1) is 0 Å². The molecule has 1 unspecified atom stereocenters. The summed E-state index contributed by atoms with van der Waals surface area (Å²) in [4.78, 5) is 4.37. The maximum Gasteiger partial charge on any atom is 0.0623 e. The summed E-state index contributed by atoms with van der Waals surface area (Å²) in [5, 5.41) is 9.63. The molecule has 1 fully saturated rings. The number of nitrogens with zero attached hydrogens (tertiary/aromatic N) is 1. The summed E-state index contributed by atoms with van der Waals surface area (Å²) in [5.41, 5.74) is 2.20. The van der Waals surface area contributed by atoms with Crippen LogP contribution in [0.5, 0.6) is 0 Å². The van der Waals surface area contributed by atoms with Crippen molar-refractivity contribution in [2.24, 2.45) is 0 Å². The average Bonchev–Trinajstić information content (AvgIpc) is 2.86. The Bertz CT molecular complexity index is 298. The van der Waals surface area contributed by atoms with Crippen LogP contribution in [0, 0.1) is 6.92 Å². The zero-order valence-electron chi connectivity index (χ0n) is 8.12. The maximum atomic E-state index is 9.63. The summed E-state index contributed by atoms with van der Waals surface area (Å²) in [6.07, 6.45) is 3.74. The Labute approximate surface area is 78.6 Å². The van der Waals surface area contributed by atoms with E-state index in [-0.39, 0.29) is 11.5 Å². The monoisotopic (exact) mass is 177 g/mol. The summed E-state index contributed by atoms with van der Waals surface area (Å²) in [5.74, 6) is 0. The third-order valence-electron chi connectivity index (χ3n) is 3.01. The molecule has 1 heterocycles. The number of hydrogen-bond acceptors (Lipinski definition) is 2. The fourth-order valence-electron chi connectivity index (χ4n) is 1.78. The zero-order chi connectivity index (χ0) is 9.47. The van der Waals surface area contributed by atoms with E-state index < -0.39 is 0 Å². The zero-order valence-corrected chi connectivity index (χ0v) is 8.12. The molecule has 1 N–H and O–H groups in total. The summed E-state index contributed by atoms with van der Waals surface area (Å²) in [6.45, 7) is 3.88. The lowest BCUT2D eigenvalue weighted by Gasteiger charge is -2.17. The number of aromatic nitrogens is 1. The molecule has 1 aromatic heterocycles. The standard InChI is InChI=1S/C11H15NO/c1-8-3-4-10(12-7-8)11(5-6-11)9(2)13/h3-4,7,9,13H,5-6H2,1-2H3. The van der Waals surface area contributed by atoms with Gasteiger partial charge in [0.05, 0.1) is 6.10 Å². The molecule has 1 saturated carbocycles. The van der Waals surface area contributed by atoms with Gasteiger partial charge in [-0.2, -0.15) is 0 Å². The number of aryl methyl sites for hydroxylation is 1. The molecule has 0 aromatic carbocycles. The van der Waals surface area contributed by atoms with Gasteiger partial charge in [-0.1, -0.05) is 6.07 Å². The Morgan fingerprint density at radius 2 is 2.15 bits per heavy atom. The molecule has 0 saturated heterocycles. The van der Waals surface area contributed by atoms with Crippen LogP contribution in [0.1, 0.15) is 31.0 Å². The smallest absolute Gasteiger partial charge is 0.0623 e. The SMILES string of the molecule is Cc1ccc(C2(C(C)O)CC2)nc1. The van der Waals surface area contributed by atoms with Crippen molar-refractivity contribution in [3.63, 3.8) is 0 Å². The van der Waals surface area contributed by atoms with E-state index in [1.54, 1.807) is 0 Å². The van der Waals surface area contributed by atoms with Gasteiger partial charge in [0.25, 0.3) is 0 Å². The molecule has 1 atom stereocenters. The van der Waals surface area contributed by atoms with Crippen molar-refractivity contribution in [1.29, 1.82) is 0 Å². The highest BCUT2D eigenvalue weighted by Crippen LogP contribution is 2.49. The normalized spacial score (nSPS) is 21.2. The van der Waals surface area contributed by atoms with Crippen LogP contribution < -0.4 is 0 Å². The lowest BCUT2D eigenvalue weighted by molar-refractivity contribution is 0.148. The number of aliphatic hydroxyl groups is 1. The first-order valence-corrected chi connectivity index (χ1v) is 4.76. The van der Waals surface area contributed by atoms with Crippen molar-refractivity contribution >= 4 is 0 Å². The predicted molar refractivity (Wildman–Crippen MR) is 51.6 cm³/mol. The first kappa shape index (κ1) is 8.70. The van der Waals surface area contributed by atoms with Crippen LogP contribution in [-0.4, -0.2) is 16.2 Å². The number of rotatable bonds is 2. The molecule has 1 aliphatic carbocycles. The van der Waals surface area contributed by atoms with E-state index in [0.29, 0.717) is 0 Å². The van der Waals surface area contributed by atoms with Gasteiger partial charge < -0.3 is 5.11 Å². The average molecular weight is 177 g/mol. The van der Waals surface area contributed by atoms with Gasteiger partial charge in [0.15, 0.2) is 0 Å². The van der Waals surface area contributed by atoms with Crippen LogP contribution in [0.4, 0.5) is 0 Å². The van der Waals surface area contributed by atoms with E-state index >= 15 is 0 Å². The predicted octanol–water partition coefficient (Wildman–Crippen LogP) is 1.80. The molecule has 70 valence electrons. The van der Waals surface area contributed by atoms with E-state index in [2.05, 4.69) is 11.1 Å². The minimum absolute atomic E-state index is 0.0201. The molecule has 1 aliphatic rings. The summed E-state index contributed by atoms with van der Waals surface area (Å²) < 4.78 is 0. The Morgan fingerprint density at radius 3 is 2.54 bits per heavy atom. The summed E-state index contributed by atoms with van der Waals surface area (Å²) in [6, 6.07) is 4.10. The van der Waals surface area contributed by atoms with Gasteiger partial charge in [-0.05, 0) is 38.3 Å². The summed E-state index contributed by atoms with van der Waals surface area (Å²) >= 11 is 0. The van der Waals surface area contributed by atoms with Crippen molar-refractivity contribution < 1.29 is 5.11 Å². The van der Waals surface area contributed by atoms with Gasteiger partial charge >= 0.3 is 0 Å². The van der Waals surface area contributed by atoms with Crippen molar-refractivity contribution in [3.05, 3.63) is 29.6 Å². The molecule has 0 spiro atoms. The maximum absolute atomic E-state index is 9.63. The molecule has 2 heteroatoms. The quantitative estimate of drug-likeness (QED) is 0.747.